The molecule has 0 radical (unpaired) electrons. The SMILES string of the molecule is C#Cc1cccc(-c2cc(=O)n(C)c3ccc([C@](F)(c4ccc(I)cc4)c4cncn4C)cc23)c1. The highest BCUT2D eigenvalue weighted by Gasteiger charge is 2.39. The van der Waals surface area contributed by atoms with Crippen molar-refractivity contribution >= 4 is 33.5 Å². The van der Waals surface area contributed by atoms with Gasteiger partial charge in [-0.2, -0.15) is 0 Å². The van der Waals surface area contributed by atoms with Crippen LogP contribution in [-0.4, -0.2) is 14.1 Å². The topological polar surface area (TPSA) is 39.8 Å². The van der Waals surface area contributed by atoms with Gasteiger partial charge >= 0.3 is 0 Å². The van der Waals surface area contributed by atoms with Crippen LogP contribution in [0.1, 0.15) is 22.4 Å². The lowest BCUT2D eigenvalue weighted by Gasteiger charge is -2.28. The van der Waals surface area contributed by atoms with E-state index in [-0.39, 0.29) is 5.56 Å². The van der Waals surface area contributed by atoms with E-state index in [9.17, 15) is 4.79 Å². The summed E-state index contributed by atoms with van der Waals surface area (Å²) in [7, 11) is 3.50. The Morgan fingerprint density at radius 3 is 2.43 bits per heavy atom. The monoisotopic (exact) mass is 573 g/mol. The predicted molar refractivity (Wildman–Crippen MR) is 146 cm³/mol. The Balaban J connectivity index is 1.84. The van der Waals surface area contributed by atoms with E-state index >= 15 is 4.39 Å². The van der Waals surface area contributed by atoms with Crippen LogP contribution in [0.25, 0.3) is 22.0 Å². The normalized spacial score (nSPS) is 12.9. The van der Waals surface area contributed by atoms with Crippen molar-refractivity contribution in [3.63, 3.8) is 0 Å². The van der Waals surface area contributed by atoms with Gasteiger partial charge in [0, 0.05) is 40.2 Å². The third kappa shape index (κ3) is 3.86. The molecule has 3 aromatic carbocycles. The van der Waals surface area contributed by atoms with Crippen LogP contribution in [0, 0.1) is 15.9 Å². The van der Waals surface area contributed by atoms with E-state index in [1.807, 2.05) is 42.5 Å². The second kappa shape index (κ2) is 8.82. The minimum Gasteiger partial charge on any atom is -0.334 e. The van der Waals surface area contributed by atoms with Gasteiger partial charge in [-0.15, -0.1) is 6.42 Å². The number of aryl methyl sites for hydroxylation is 2. The number of hydrogen-bond donors (Lipinski definition) is 0. The van der Waals surface area contributed by atoms with Gasteiger partial charge in [0.15, 0.2) is 0 Å². The summed E-state index contributed by atoms with van der Waals surface area (Å²) in [5.74, 6) is 2.64. The van der Waals surface area contributed by atoms with Gasteiger partial charge < -0.3 is 9.13 Å². The summed E-state index contributed by atoms with van der Waals surface area (Å²) >= 11 is 2.21. The number of alkyl halides is 1. The molecule has 172 valence electrons. The molecule has 0 saturated heterocycles. The Morgan fingerprint density at radius 2 is 1.74 bits per heavy atom. The molecule has 2 aromatic heterocycles. The summed E-state index contributed by atoms with van der Waals surface area (Å²) in [4.78, 5) is 17.0. The largest absolute Gasteiger partial charge is 0.334 e. The third-order valence-corrected chi connectivity index (χ3v) is 7.12. The van der Waals surface area contributed by atoms with E-state index < -0.39 is 5.67 Å². The van der Waals surface area contributed by atoms with Crippen molar-refractivity contribution in [2.75, 3.05) is 0 Å². The predicted octanol–water partition coefficient (Wildman–Crippen LogP) is 5.79. The smallest absolute Gasteiger partial charge is 0.251 e. The first kappa shape index (κ1) is 23.1. The van der Waals surface area contributed by atoms with Gasteiger partial charge in [0.05, 0.1) is 23.7 Å². The lowest BCUT2D eigenvalue weighted by Crippen LogP contribution is -2.26. The summed E-state index contributed by atoms with van der Waals surface area (Å²) in [6.45, 7) is 0. The van der Waals surface area contributed by atoms with Crippen LogP contribution in [0.5, 0.6) is 0 Å². The molecule has 2 heterocycles. The van der Waals surface area contributed by atoms with Crippen molar-refractivity contribution in [1.82, 2.24) is 14.1 Å². The first-order chi connectivity index (χ1) is 16.8. The van der Waals surface area contributed by atoms with E-state index in [0.717, 1.165) is 14.5 Å². The average Bonchev–Trinajstić information content (AvgIpc) is 3.32. The van der Waals surface area contributed by atoms with Crippen molar-refractivity contribution < 1.29 is 4.39 Å². The Bertz CT molecular complexity index is 1680. The maximum atomic E-state index is 17.4. The summed E-state index contributed by atoms with van der Waals surface area (Å²) in [5, 5.41) is 0.758. The molecule has 0 aliphatic carbocycles. The third-order valence-electron chi connectivity index (χ3n) is 6.40. The molecule has 1 atom stereocenters. The summed E-state index contributed by atoms with van der Waals surface area (Å²) in [5.41, 5.74) is 2.18. The highest BCUT2D eigenvalue weighted by atomic mass is 127. The second-order valence-electron chi connectivity index (χ2n) is 8.47. The zero-order chi connectivity index (χ0) is 24.7. The highest BCUT2D eigenvalue weighted by Crippen LogP contribution is 2.42. The number of aromatic nitrogens is 3. The molecular weight excluding hydrogens is 552 g/mol. The fourth-order valence-corrected chi connectivity index (χ4v) is 4.88. The van der Waals surface area contributed by atoms with Gasteiger partial charge in [0.25, 0.3) is 5.56 Å². The Hall–Kier alpha value is -3.70. The van der Waals surface area contributed by atoms with Crippen LogP contribution in [0.2, 0.25) is 0 Å². The first-order valence-electron chi connectivity index (χ1n) is 11.0. The molecule has 35 heavy (non-hydrogen) atoms. The van der Waals surface area contributed by atoms with Crippen LogP contribution >= 0.6 is 22.6 Å². The molecule has 6 heteroatoms. The standard InChI is InChI=1S/C29H21FIN3O/c1-4-19-6-5-7-20(14-19)24-16-28(35)34(3)26-13-10-22(15-25(24)26)29(30,27-17-32-18-33(27)2)21-8-11-23(31)12-9-21/h1,5-18H,2-3H3/t29-/m1/s1. The van der Waals surface area contributed by atoms with Crippen molar-refractivity contribution in [1.29, 1.82) is 0 Å². The van der Waals surface area contributed by atoms with E-state index in [0.29, 0.717) is 33.5 Å². The van der Waals surface area contributed by atoms with Gasteiger partial charge in [-0.1, -0.05) is 36.3 Å². The highest BCUT2D eigenvalue weighted by molar-refractivity contribution is 14.1. The van der Waals surface area contributed by atoms with E-state index in [2.05, 4.69) is 33.5 Å². The molecule has 4 nitrogen and oxygen atoms in total. The summed E-state index contributed by atoms with van der Waals surface area (Å²) < 4.78 is 21.7. The lowest BCUT2D eigenvalue weighted by molar-refractivity contribution is 0.267. The number of rotatable bonds is 4. The number of fused-ring (bicyclic) bond motifs is 1. The molecule has 0 amide bonds. The number of halogens is 2. The lowest BCUT2D eigenvalue weighted by atomic mass is 9.84. The van der Waals surface area contributed by atoms with Crippen LogP contribution in [0.4, 0.5) is 4.39 Å². The number of hydrogen-bond acceptors (Lipinski definition) is 2. The van der Waals surface area contributed by atoms with Crippen LogP contribution in [0.15, 0.2) is 90.1 Å². The Labute approximate surface area is 216 Å². The average molecular weight is 573 g/mol. The Morgan fingerprint density at radius 1 is 1.00 bits per heavy atom. The molecule has 0 aliphatic heterocycles. The van der Waals surface area contributed by atoms with Crippen LogP contribution in [-0.2, 0) is 19.8 Å². The first-order valence-corrected chi connectivity index (χ1v) is 12.0. The zero-order valence-corrected chi connectivity index (χ0v) is 21.3. The molecule has 5 aromatic rings. The van der Waals surface area contributed by atoms with Gasteiger partial charge in [0.2, 0.25) is 5.67 Å². The molecule has 0 aliphatic rings. The maximum Gasteiger partial charge on any atom is 0.251 e. The van der Waals surface area contributed by atoms with Crippen molar-refractivity contribution in [2.24, 2.45) is 14.1 Å². The van der Waals surface area contributed by atoms with Crippen molar-refractivity contribution in [3.05, 3.63) is 122 Å². The molecule has 0 unspecified atom stereocenters. The van der Waals surface area contributed by atoms with Gasteiger partial charge in [-0.3, -0.25) is 4.79 Å². The van der Waals surface area contributed by atoms with E-state index in [1.165, 1.54) is 0 Å². The maximum absolute atomic E-state index is 17.4. The van der Waals surface area contributed by atoms with E-state index in [1.54, 1.807) is 66.1 Å². The number of pyridine rings is 1. The Kier molecular flexibility index (Phi) is 5.81. The molecule has 0 spiro atoms. The number of benzene rings is 3. The minimum absolute atomic E-state index is 0.151. The fourth-order valence-electron chi connectivity index (χ4n) is 4.52. The van der Waals surface area contributed by atoms with E-state index in [4.69, 9.17) is 6.42 Å². The van der Waals surface area contributed by atoms with Crippen LogP contribution < -0.4 is 5.56 Å². The van der Waals surface area contributed by atoms with Crippen LogP contribution in [0.3, 0.4) is 0 Å². The molecular formula is C29H21FIN3O. The summed E-state index contributed by atoms with van der Waals surface area (Å²) in [6, 6.07) is 21.8. The zero-order valence-electron chi connectivity index (χ0n) is 19.2. The number of nitrogens with zero attached hydrogens (tertiary/aromatic N) is 3. The summed E-state index contributed by atoms with van der Waals surface area (Å²) in [6.07, 6.45) is 8.76. The second-order valence-corrected chi connectivity index (χ2v) is 9.71. The van der Waals surface area contributed by atoms with Gasteiger partial charge in [0.1, 0.15) is 0 Å². The number of terminal acetylenes is 1. The quantitative estimate of drug-likeness (QED) is 0.202. The van der Waals surface area contributed by atoms with Gasteiger partial charge in [-0.25, -0.2) is 9.37 Å². The molecule has 5 rings (SSSR count). The molecule has 0 N–H and O–H groups in total. The molecule has 0 saturated carbocycles. The van der Waals surface area contributed by atoms with Crippen molar-refractivity contribution in [2.45, 2.75) is 5.67 Å². The fraction of sp³-hybridized carbons (Fsp3) is 0.103. The molecule has 0 fully saturated rings. The van der Waals surface area contributed by atoms with Gasteiger partial charge in [-0.05, 0) is 75.7 Å². The molecule has 0 bridgehead atoms. The number of imidazole rings is 1. The van der Waals surface area contributed by atoms with Crippen molar-refractivity contribution in [3.8, 4) is 23.5 Å². The minimum atomic E-state index is -1.96.